The lowest BCUT2D eigenvalue weighted by molar-refractivity contribution is -0.0463. The van der Waals surface area contributed by atoms with Crippen LogP contribution in [0.15, 0.2) is 59.8 Å². The van der Waals surface area contributed by atoms with Gasteiger partial charge < -0.3 is 5.73 Å². The van der Waals surface area contributed by atoms with Gasteiger partial charge in [0.15, 0.2) is 5.65 Å². The zero-order chi connectivity index (χ0) is 26.4. The van der Waals surface area contributed by atoms with Gasteiger partial charge in [-0.3, -0.25) is 9.88 Å². The zero-order valence-electron chi connectivity index (χ0n) is 20.6. The topological polar surface area (TPSA) is 107 Å². The lowest BCUT2D eigenvalue weighted by Crippen LogP contribution is -2.40. The van der Waals surface area contributed by atoms with Gasteiger partial charge >= 0.3 is 5.92 Å². The van der Waals surface area contributed by atoms with Crippen molar-refractivity contribution >= 4 is 26.9 Å². The lowest BCUT2D eigenvalue weighted by Gasteiger charge is -2.33. The zero-order valence-corrected chi connectivity index (χ0v) is 21.4. The molecule has 0 spiro atoms. The second-order valence-electron chi connectivity index (χ2n) is 9.61. The minimum atomic E-state index is -3.89. The van der Waals surface area contributed by atoms with E-state index in [9.17, 15) is 17.2 Å². The summed E-state index contributed by atoms with van der Waals surface area (Å²) in [5.41, 5.74) is 7.94. The van der Waals surface area contributed by atoms with E-state index in [1.165, 1.54) is 18.5 Å². The number of anilines is 1. The highest BCUT2D eigenvalue weighted by Crippen LogP contribution is 2.33. The molecule has 37 heavy (non-hydrogen) atoms. The van der Waals surface area contributed by atoms with Gasteiger partial charge in [-0.15, -0.1) is 0 Å². The van der Waals surface area contributed by atoms with Crippen LogP contribution in [-0.4, -0.2) is 51.9 Å². The molecule has 0 aliphatic carbocycles. The van der Waals surface area contributed by atoms with Crippen LogP contribution >= 0.6 is 0 Å². The Bertz CT molecular complexity index is 1530. The fraction of sp³-hybridized carbons (Fsp3) is 0.346. The predicted octanol–water partition coefficient (Wildman–Crippen LogP) is 4.23. The molecule has 11 heteroatoms. The van der Waals surface area contributed by atoms with Crippen molar-refractivity contribution in [1.29, 1.82) is 0 Å². The number of nitrogens with zero attached hydrogens (tertiary/aromatic N) is 5. The first-order valence-electron chi connectivity index (χ1n) is 12.0. The number of halogens is 2. The number of rotatable bonds is 6. The van der Waals surface area contributed by atoms with E-state index < -0.39 is 22.5 Å². The smallest absolute Gasteiger partial charge is 0.302 e. The molecule has 4 aromatic rings. The molecule has 0 radical (unpaired) electrons. The third-order valence-electron chi connectivity index (χ3n) is 6.80. The highest BCUT2D eigenvalue weighted by molar-refractivity contribution is 7.90. The normalized spacial score (nSPS) is 15.9. The number of hydrogen-bond donors (Lipinski definition) is 1. The lowest BCUT2D eigenvalue weighted by atomic mass is 9.95. The Morgan fingerprint density at radius 1 is 1.00 bits per heavy atom. The number of aromatic nitrogens is 4. The molecule has 4 heterocycles. The Labute approximate surface area is 214 Å². The molecule has 0 bridgehead atoms. The molecule has 8 nitrogen and oxygen atoms in total. The third-order valence-corrected chi connectivity index (χ3v) is 8.48. The molecule has 5 rings (SSSR count). The van der Waals surface area contributed by atoms with Gasteiger partial charge in [-0.05, 0) is 69.6 Å². The number of benzene rings is 1. The average molecular weight is 527 g/mol. The van der Waals surface area contributed by atoms with E-state index in [-0.39, 0.29) is 28.0 Å². The summed E-state index contributed by atoms with van der Waals surface area (Å²) in [6, 6.07) is 11.2. The van der Waals surface area contributed by atoms with Gasteiger partial charge in [0, 0.05) is 18.3 Å². The Hall–Kier alpha value is -3.44. The number of nitrogen functional groups attached to an aromatic ring is 1. The second kappa shape index (κ2) is 9.46. The number of nitrogens with two attached hydrogens (primary N) is 1. The van der Waals surface area contributed by atoms with Crippen molar-refractivity contribution in [2.24, 2.45) is 0 Å². The molecule has 2 N–H and O–H groups in total. The molecule has 0 atom stereocenters. The van der Waals surface area contributed by atoms with Crippen molar-refractivity contribution in [3.63, 3.8) is 0 Å². The monoisotopic (exact) mass is 526 g/mol. The maximum Gasteiger partial charge on any atom is 0.302 e. The standard InChI is InChI=1S/C26H28F2N6O2S/c1-17-3-6-20(7-4-17)37(35,36)34-14-11-21-23(29)31-24(32-25(21)34)19-9-12-33(13-10-19)16-26(27,28)22-8-5-18(2)15-30-22/h3-8,11,14-15,19H,9-10,12-13,16H2,1-2H3,(H2,29,31,32). The molecule has 0 saturated carbocycles. The Morgan fingerprint density at radius 3 is 2.32 bits per heavy atom. The van der Waals surface area contributed by atoms with Crippen LogP contribution < -0.4 is 5.73 Å². The number of hydrogen-bond acceptors (Lipinski definition) is 7. The number of alkyl halides is 2. The van der Waals surface area contributed by atoms with Gasteiger partial charge in [-0.25, -0.2) is 22.4 Å². The van der Waals surface area contributed by atoms with Crippen molar-refractivity contribution in [2.75, 3.05) is 25.4 Å². The number of aryl methyl sites for hydroxylation is 2. The van der Waals surface area contributed by atoms with Gasteiger partial charge in [0.25, 0.3) is 10.0 Å². The summed E-state index contributed by atoms with van der Waals surface area (Å²) in [6.07, 6.45) is 3.97. The van der Waals surface area contributed by atoms with Crippen molar-refractivity contribution in [1.82, 2.24) is 23.8 Å². The van der Waals surface area contributed by atoms with Crippen molar-refractivity contribution in [3.8, 4) is 0 Å². The van der Waals surface area contributed by atoms with Gasteiger partial charge in [-0.2, -0.15) is 8.78 Å². The molecule has 3 aromatic heterocycles. The Kier molecular flexibility index (Phi) is 6.45. The maximum atomic E-state index is 14.8. The van der Waals surface area contributed by atoms with Gasteiger partial charge in [-0.1, -0.05) is 23.8 Å². The first-order chi connectivity index (χ1) is 17.5. The average Bonchev–Trinajstić information content (AvgIpc) is 3.30. The first kappa shape index (κ1) is 25.2. The van der Waals surface area contributed by atoms with Crippen LogP contribution in [-0.2, 0) is 15.9 Å². The van der Waals surface area contributed by atoms with E-state index in [0.29, 0.717) is 37.1 Å². The van der Waals surface area contributed by atoms with Crippen LogP contribution in [0.5, 0.6) is 0 Å². The fourth-order valence-electron chi connectivity index (χ4n) is 4.63. The molecular weight excluding hydrogens is 498 g/mol. The van der Waals surface area contributed by atoms with Crippen molar-refractivity contribution in [3.05, 3.63) is 77.5 Å². The predicted molar refractivity (Wildman–Crippen MR) is 137 cm³/mol. The van der Waals surface area contributed by atoms with Gasteiger partial charge in [0.2, 0.25) is 0 Å². The van der Waals surface area contributed by atoms with E-state index >= 15 is 0 Å². The van der Waals surface area contributed by atoms with Crippen molar-refractivity contribution in [2.45, 2.75) is 43.4 Å². The minimum Gasteiger partial charge on any atom is -0.383 e. The molecule has 194 valence electrons. The fourth-order valence-corrected chi connectivity index (χ4v) is 5.92. The summed E-state index contributed by atoms with van der Waals surface area (Å²) in [5, 5.41) is 0.446. The van der Waals surface area contributed by atoms with Gasteiger partial charge in [0.1, 0.15) is 17.3 Å². The summed E-state index contributed by atoms with van der Waals surface area (Å²) in [7, 11) is -3.89. The summed E-state index contributed by atoms with van der Waals surface area (Å²) in [4.78, 5) is 14.8. The van der Waals surface area contributed by atoms with Crippen molar-refractivity contribution < 1.29 is 17.2 Å². The third kappa shape index (κ3) is 4.93. The molecule has 1 aromatic carbocycles. The van der Waals surface area contributed by atoms with Crippen LogP contribution in [0.1, 0.15) is 41.4 Å². The quantitative estimate of drug-likeness (QED) is 0.401. The summed E-state index contributed by atoms with van der Waals surface area (Å²) >= 11 is 0. The molecule has 1 aliphatic rings. The van der Waals surface area contributed by atoms with E-state index in [1.807, 2.05) is 6.92 Å². The number of pyridine rings is 1. The molecule has 0 unspecified atom stereocenters. The van der Waals surface area contributed by atoms with E-state index in [0.717, 1.165) is 15.1 Å². The Balaban J connectivity index is 1.35. The molecule has 1 aliphatic heterocycles. The SMILES string of the molecule is Cc1ccc(S(=O)(=O)n2ccc3c(N)nc(C4CCN(CC(F)(F)c5ccc(C)cn5)CC4)nc32)cc1. The summed E-state index contributed by atoms with van der Waals surface area (Å²) < 4.78 is 57.3. The van der Waals surface area contributed by atoms with Crippen LogP contribution in [0.2, 0.25) is 0 Å². The van der Waals surface area contributed by atoms with E-state index in [2.05, 4.69) is 15.0 Å². The summed E-state index contributed by atoms with van der Waals surface area (Å²) in [5.74, 6) is -2.57. The van der Waals surface area contributed by atoms with Crippen LogP contribution in [0.4, 0.5) is 14.6 Å². The number of fused-ring (bicyclic) bond motifs is 1. The molecule has 1 saturated heterocycles. The minimum absolute atomic E-state index is 0.125. The van der Waals surface area contributed by atoms with Gasteiger partial charge in [0.05, 0.1) is 16.8 Å². The Morgan fingerprint density at radius 2 is 1.68 bits per heavy atom. The highest BCUT2D eigenvalue weighted by Gasteiger charge is 2.37. The second-order valence-corrected chi connectivity index (χ2v) is 11.4. The van der Waals surface area contributed by atoms with E-state index in [1.54, 1.807) is 48.2 Å². The summed E-state index contributed by atoms with van der Waals surface area (Å²) in [6.45, 7) is 4.12. The molecule has 0 amide bonds. The van der Waals surface area contributed by atoms with Crippen LogP contribution in [0, 0.1) is 13.8 Å². The maximum absolute atomic E-state index is 14.8. The first-order valence-corrected chi connectivity index (χ1v) is 13.5. The molecular formula is C26H28F2N6O2S. The van der Waals surface area contributed by atoms with Crippen LogP contribution in [0.3, 0.4) is 0 Å². The molecule has 1 fully saturated rings. The largest absolute Gasteiger partial charge is 0.383 e. The van der Waals surface area contributed by atoms with E-state index in [4.69, 9.17) is 5.73 Å². The number of piperidine rings is 1. The number of likely N-dealkylation sites (tertiary alicyclic amines) is 1. The highest BCUT2D eigenvalue weighted by atomic mass is 32.2. The van der Waals surface area contributed by atoms with Crippen LogP contribution in [0.25, 0.3) is 11.0 Å².